The lowest BCUT2D eigenvalue weighted by molar-refractivity contribution is 0.102. The van der Waals surface area contributed by atoms with Crippen LogP contribution in [-0.4, -0.2) is 5.91 Å². The van der Waals surface area contributed by atoms with E-state index in [1.165, 1.54) is 24.3 Å². The quantitative estimate of drug-likeness (QED) is 0.786. The maximum absolute atomic E-state index is 13.3. The second kappa shape index (κ2) is 5.90. The largest absolute Gasteiger partial charge is 0.322 e. The predicted octanol–water partition coefficient (Wildman–Crippen LogP) is 5.15. The lowest BCUT2D eigenvalue weighted by Crippen LogP contribution is -2.12. The molecule has 2 aromatic carbocycles. The molecular weight excluding hydrogens is 356 g/mol. The minimum atomic E-state index is -0.458. The minimum absolute atomic E-state index is 0.239. The van der Waals surface area contributed by atoms with Crippen molar-refractivity contribution < 1.29 is 9.18 Å². The summed E-state index contributed by atoms with van der Waals surface area (Å²) in [5, 5.41) is 3.24. The molecule has 0 atom stereocenters. The summed E-state index contributed by atoms with van der Waals surface area (Å²) in [7, 11) is 0. The van der Waals surface area contributed by atoms with Crippen LogP contribution in [0.3, 0.4) is 0 Å². The molecule has 0 saturated heterocycles. The highest BCUT2D eigenvalue weighted by Gasteiger charge is 2.11. The molecule has 0 radical (unpaired) electrons. The summed E-state index contributed by atoms with van der Waals surface area (Å²) in [6.07, 6.45) is 0. The van der Waals surface area contributed by atoms with E-state index in [2.05, 4.69) is 21.2 Å². The van der Waals surface area contributed by atoms with E-state index in [0.29, 0.717) is 15.2 Å². The molecule has 6 heteroatoms. The van der Waals surface area contributed by atoms with Gasteiger partial charge in [-0.2, -0.15) is 0 Å². The average molecular weight is 363 g/mol. The van der Waals surface area contributed by atoms with Crippen LogP contribution in [0.2, 0.25) is 10.0 Å². The van der Waals surface area contributed by atoms with Gasteiger partial charge in [0.2, 0.25) is 0 Å². The summed E-state index contributed by atoms with van der Waals surface area (Å²) in [6, 6.07) is 8.84. The summed E-state index contributed by atoms with van der Waals surface area (Å²) in [5.41, 5.74) is 0.617. The highest BCUT2D eigenvalue weighted by atomic mass is 79.9. The summed E-state index contributed by atoms with van der Waals surface area (Å²) >= 11 is 14.7. The first-order valence-corrected chi connectivity index (χ1v) is 6.74. The maximum Gasteiger partial charge on any atom is 0.257 e. The Kier molecular flexibility index (Phi) is 4.45. The number of rotatable bonds is 2. The number of anilines is 1. The number of hydrogen-bond acceptors (Lipinski definition) is 1. The molecule has 2 nitrogen and oxygen atoms in total. The molecule has 1 amide bonds. The van der Waals surface area contributed by atoms with E-state index in [1.807, 2.05) is 0 Å². The Hall–Kier alpha value is -1.10. The van der Waals surface area contributed by atoms with Gasteiger partial charge in [-0.15, -0.1) is 0 Å². The van der Waals surface area contributed by atoms with Gasteiger partial charge in [-0.05, 0) is 52.3 Å². The first-order valence-electron chi connectivity index (χ1n) is 5.19. The van der Waals surface area contributed by atoms with Gasteiger partial charge in [0.15, 0.2) is 0 Å². The van der Waals surface area contributed by atoms with Crippen molar-refractivity contribution >= 4 is 50.7 Å². The van der Waals surface area contributed by atoms with Gasteiger partial charge >= 0.3 is 0 Å². The third-order valence-electron chi connectivity index (χ3n) is 2.35. The molecule has 0 bridgehead atoms. The van der Waals surface area contributed by atoms with Crippen LogP contribution in [0.25, 0.3) is 0 Å². The SMILES string of the molecule is O=C(Nc1ccc(Br)c(F)c1)c1ccc(Cl)cc1Cl. The van der Waals surface area contributed by atoms with Gasteiger partial charge in [-0.3, -0.25) is 4.79 Å². The zero-order chi connectivity index (χ0) is 14.0. The van der Waals surface area contributed by atoms with Gasteiger partial charge in [-0.25, -0.2) is 4.39 Å². The monoisotopic (exact) mass is 361 g/mol. The molecule has 0 fully saturated rings. The van der Waals surface area contributed by atoms with Gasteiger partial charge in [0.05, 0.1) is 15.1 Å². The molecule has 1 N–H and O–H groups in total. The van der Waals surface area contributed by atoms with Crippen molar-refractivity contribution in [3.63, 3.8) is 0 Å². The third-order valence-corrected chi connectivity index (χ3v) is 3.54. The smallest absolute Gasteiger partial charge is 0.257 e. The summed E-state index contributed by atoms with van der Waals surface area (Å²) in [6.45, 7) is 0. The van der Waals surface area contributed by atoms with Crippen LogP contribution in [0.1, 0.15) is 10.4 Å². The van der Waals surface area contributed by atoms with Gasteiger partial charge in [0.25, 0.3) is 5.91 Å². The first kappa shape index (κ1) is 14.3. The topological polar surface area (TPSA) is 29.1 Å². The van der Waals surface area contributed by atoms with Gasteiger partial charge in [-0.1, -0.05) is 23.2 Å². The molecular formula is C13H7BrCl2FNO. The molecule has 19 heavy (non-hydrogen) atoms. The molecule has 0 spiro atoms. The van der Waals surface area contributed by atoms with Crippen LogP contribution < -0.4 is 5.32 Å². The Labute approximate surface area is 127 Å². The number of nitrogens with one attached hydrogen (secondary N) is 1. The molecule has 0 saturated carbocycles. The van der Waals surface area contributed by atoms with Crippen molar-refractivity contribution in [1.82, 2.24) is 0 Å². The van der Waals surface area contributed by atoms with Crippen LogP contribution in [0, 0.1) is 5.82 Å². The molecule has 0 aromatic heterocycles. The van der Waals surface area contributed by atoms with E-state index < -0.39 is 11.7 Å². The van der Waals surface area contributed by atoms with Gasteiger partial charge in [0.1, 0.15) is 5.82 Å². The zero-order valence-electron chi connectivity index (χ0n) is 9.38. The lowest BCUT2D eigenvalue weighted by Gasteiger charge is -2.07. The second-order valence-electron chi connectivity index (χ2n) is 3.71. The molecule has 2 rings (SSSR count). The molecule has 0 unspecified atom stereocenters. The number of amides is 1. The number of carbonyl (C=O) groups is 1. The van der Waals surface area contributed by atoms with Crippen molar-refractivity contribution in [3.8, 4) is 0 Å². The van der Waals surface area contributed by atoms with Crippen molar-refractivity contribution in [3.05, 3.63) is 62.3 Å². The average Bonchev–Trinajstić information content (AvgIpc) is 2.33. The molecule has 0 aliphatic heterocycles. The van der Waals surface area contributed by atoms with Gasteiger partial charge < -0.3 is 5.32 Å². The normalized spacial score (nSPS) is 10.3. The van der Waals surface area contributed by atoms with E-state index in [-0.39, 0.29) is 10.6 Å². The summed E-state index contributed by atoms with van der Waals surface area (Å²) in [4.78, 5) is 12.0. The van der Waals surface area contributed by atoms with E-state index in [9.17, 15) is 9.18 Å². The lowest BCUT2D eigenvalue weighted by atomic mass is 10.2. The predicted molar refractivity (Wildman–Crippen MR) is 78.5 cm³/mol. The van der Waals surface area contributed by atoms with Crippen LogP contribution >= 0.6 is 39.1 Å². The second-order valence-corrected chi connectivity index (χ2v) is 5.41. The Balaban J connectivity index is 2.23. The van der Waals surface area contributed by atoms with Crippen LogP contribution in [0.4, 0.5) is 10.1 Å². The highest BCUT2D eigenvalue weighted by Crippen LogP contribution is 2.23. The summed E-state index contributed by atoms with van der Waals surface area (Å²) < 4.78 is 13.7. The minimum Gasteiger partial charge on any atom is -0.322 e. The Morgan fingerprint density at radius 1 is 1.16 bits per heavy atom. The summed E-state index contributed by atoms with van der Waals surface area (Å²) in [5.74, 6) is -0.886. The maximum atomic E-state index is 13.3. The molecule has 98 valence electrons. The fourth-order valence-corrected chi connectivity index (χ4v) is 2.19. The zero-order valence-corrected chi connectivity index (χ0v) is 12.5. The Bertz CT molecular complexity index is 649. The molecule has 0 aliphatic carbocycles. The van der Waals surface area contributed by atoms with Crippen molar-refractivity contribution in [2.75, 3.05) is 5.32 Å². The van der Waals surface area contributed by atoms with Crippen LogP contribution in [0.15, 0.2) is 40.9 Å². The Morgan fingerprint density at radius 2 is 1.89 bits per heavy atom. The number of carbonyl (C=O) groups excluding carboxylic acids is 1. The standard InChI is InChI=1S/C13H7BrCl2FNO/c14-10-4-2-8(6-12(10)17)18-13(19)9-3-1-7(15)5-11(9)16/h1-6H,(H,18,19). The third kappa shape index (κ3) is 3.47. The molecule has 0 heterocycles. The van der Waals surface area contributed by atoms with Crippen LogP contribution in [0.5, 0.6) is 0 Å². The van der Waals surface area contributed by atoms with E-state index in [0.717, 1.165) is 0 Å². The fraction of sp³-hybridized carbons (Fsp3) is 0. The number of halogens is 4. The van der Waals surface area contributed by atoms with E-state index >= 15 is 0 Å². The number of benzene rings is 2. The van der Waals surface area contributed by atoms with Crippen molar-refractivity contribution in [2.24, 2.45) is 0 Å². The highest BCUT2D eigenvalue weighted by molar-refractivity contribution is 9.10. The first-order chi connectivity index (χ1) is 8.97. The van der Waals surface area contributed by atoms with Crippen LogP contribution in [-0.2, 0) is 0 Å². The molecule has 0 aliphatic rings. The fourth-order valence-electron chi connectivity index (χ4n) is 1.45. The molecule has 2 aromatic rings. The van der Waals surface area contributed by atoms with Gasteiger partial charge in [0, 0.05) is 10.7 Å². The Morgan fingerprint density at radius 3 is 2.53 bits per heavy atom. The number of hydrogen-bond donors (Lipinski definition) is 1. The van der Waals surface area contributed by atoms with Crippen molar-refractivity contribution in [2.45, 2.75) is 0 Å². The van der Waals surface area contributed by atoms with E-state index in [4.69, 9.17) is 23.2 Å². The van der Waals surface area contributed by atoms with Crippen molar-refractivity contribution in [1.29, 1.82) is 0 Å². The van der Waals surface area contributed by atoms with E-state index in [1.54, 1.807) is 12.1 Å².